The van der Waals surface area contributed by atoms with Gasteiger partial charge in [0.05, 0.1) is 0 Å². The topological polar surface area (TPSA) is 117 Å². The van der Waals surface area contributed by atoms with Crippen molar-refractivity contribution in [2.45, 2.75) is 0 Å². The van der Waals surface area contributed by atoms with Gasteiger partial charge in [0.25, 0.3) is 0 Å². The highest BCUT2D eigenvalue weighted by molar-refractivity contribution is 7.74. The summed E-state index contributed by atoms with van der Waals surface area (Å²) in [5, 5.41) is 6.83. The molecule has 1 unspecified atom stereocenters. The van der Waals surface area contributed by atoms with Crippen molar-refractivity contribution >= 4 is 23.3 Å². The number of carbonyl (C=O) groups is 1. The zero-order valence-corrected chi connectivity index (χ0v) is 7.13. The van der Waals surface area contributed by atoms with Gasteiger partial charge in [-0.3, -0.25) is 9.96 Å². The molecule has 1 atom stereocenters. The third-order valence-corrected chi connectivity index (χ3v) is 1.27. The van der Waals surface area contributed by atoms with Crippen LogP contribution in [0.2, 0.25) is 0 Å². The highest BCUT2D eigenvalue weighted by Crippen LogP contribution is 1.86. The highest BCUT2D eigenvalue weighted by Gasteiger charge is 2.10. The predicted octanol–water partition coefficient (Wildman–Crippen LogP) is -1.51. The normalized spacial score (nSPS) is 11.8. The second-order valence-corrected chi connectivity index (χ2v) is 2.51. The van der Waals surface area contributed by atoms with Gasteiger partial charge in [0.1, 0.15) is 6.54 Å². The Morgan fingerprint density at radius 1 is 1.83 bits per heavy atom. The summed E-state index contributed by atoms with van der Waals surface area (Å²) >= 11 is -2.61. The first-order valence-corrected chi connectivity index (χ1v) is 3.84. The fourth-order valence-electron chi connectivity index (χ4n) is 0.385. The van der Waals surface area contributed by atoms with Crippen LogP contribution in [0.1, 0.15) is 0 Å². The average Bonchev–Trinajstić information content (AvgIpc) is 1.84. The molecule has 0 saturated carbocycles. The van der Waals surface area contributed by atoms with E-state index in [4.69, 9.17) is 15.7 Å². The molecular weight excluding hydrogens is 186 g/mol. The second-order valence-electron chi connectivity index (χ2n) is 1.91. The Labute approximate surface area is 71.5 Å². The molecule has 0 rings (SSSR count). The van der Waals surface area contributed by atoms with Crippen molar-refractivity contribution in [1.82, 2.24) is 4.90 Å². The molecule has 70 valence electrons. The monoisotopic (exact) mass is 195 g/mol. The fourth-order valence-corrected chi connectivity index (χ4v) is 0.596. The van der Waals surface area contributed by atoms with E-state index in [1.807, 2.05) is 0 Å². The Morgan fingerprint density at radius 3 is 2.67 bits per heavy atom. The van der Waals surface area contributed by atoms with Crippen LogP contribution in [0.5, 0.6) is 0 Å². The van der Waals surface area contributed by atoms with Crippen LogP contribution in [0.3, 0.4) is 0 Å². The van der Waals surface area contributed by atoms with Crippen molar-refractivity contribution in [1.29, 1.82) is 5.41 Å². The van der Waals surface area contributed by atoms with Crippen molar-refractivity contribution in [2.24, 2.45) is 5.73 Å². The number of likely N-dealkylation sites (N-methyl/N-ethyl adjacent to an activating group) is 1. The van der Waals surface area contributed by atoms with E-state index < -0.39 is 17.3 Å². The van der Waals surface area contributed by atoms with Gasteiger partial charge in [0.2, 0.25) is 0 Å². The van der Waals surface area contributed by atoms with E-state index in [0.717, 1.165) is 4.90 Å². The van der Waals surface area contributed by atoms with E-state index in [2.05, 4.69) is 4.18 Å². The number of nitrogens with zero attached hydrogens (tertiary/aromatic N) is 1. The molecule has 0 saturated heterocycles. The minimum Gasteiger partial charge on any atom is -0.370 e. The second kappa shape index (κ2) is 4.67. The number of rotatable bonds is 3. The standard InChI is InChI=1S/C4H9N3O4S/c1-7(4(5)6)2-3(8)11-12(9)10/h2H2,1H3,(H3,5,6)(H,9,10). The minimum absolute atomic E-state index is 0.323. The van der Waals surface area contributed by atoms with Crippen LogP contribution in [0.4, 0.5) is 0 Å². The van der Waals surface area contributed by atoms with Crippen molar-refractivity contribution < 1.29 is 17.7 Å². The first-order chi connectivity index (χ1) is 5.43. The van der Waals surface area contributed by atoms with Gasteiger partial charge < -0.3 is 14.8 Å². The van der Waals surface area contributed by atoms with E-state index in [1.165, 1.54) is 7.05 Å². The first kappa shape index (κ1) is 10.8. The van der Waals surface area contributed by atoms with Crippen molar-refractivity contribution in [3.05, 3.63) is 0 Å². The molecule has 0 heterocycles. The molecule has 0 spiro atoms. The number of hydrogen-bond donors (Lipinski definition) is 3. The quantitative estimate of drug-likeness (QED) is 0.286. The smallest absolute Gasteiger partial charge is 0.360 e. The van der Waals surface area contributed by atoms with E-state index in [0.29, 0.717) is 0 Å². The maximum atomic E-state index is 10.6. The van der Waals surface area contributed by atoms with Crippen LogP contribution in [-0.4, -0.2) is 39.2 Å². The van der Waals surface area contributed by atoms with Crippen LogP contribution in [0.15, 0.2) is 0 Å². The minimum atomic E-state index is -2.61. The van der Waals surface area contributed by atoms with Crippen molar-refractivity contribution in [3.8, 4) is 0 Å². The number of nitrogens with one attached hydrogen (secondary N) is 1. The van der Waals surface area contributed by atoms with Crippen LogP contribution in [0, 0.1) is 5.41 Å². The zero-order chi connectivity index (χ0) is 9.72. The Hall–Kier alpha value is -1.15. The van der Waals surface area contributed by atoms with E-state index in [1.54, 1.807) is 0 Å². The van der Waals surface area contributed by atoms with Crippen LogP contribution in [0.25, 0.3) is 0 Å². The molecular formula is C4H9N3O4S. The zero-order valence-electron chi connectivity index (χ0n) is 6.31. The van der Waals surface area contributed by atoms with E-state index in [9.17, 15) is 9.00 Å². The first-order valence-electron chi connectivity index (χ1n) is 2.80. The molecule has 0 aliphatic heterocycles. The molecule has 0 fully saturated rings. The molecule has 0 radical (unpaired) electrons. The largest absolute Gasteiger partial charge is 0.370 e. The molecule has 0 aliphatic rings. The maximum absolute atomic E-state index is 10.6. The highest BCUT2D eigenvalue weighted by atomic mass is 32.2. The summed E-state index contributed by atoms with van der Waals surface area (Å²) in [6, 6.07) is 0. The third-order valence-electron chi connectivity index (χ3n) is 0.942. The molecule has 0 amide bonds. The Bertz CT molecular complexity index is 218. The summed E-state index contributed by atoms with van der Waals surface area (Å²) in [5.74, 6) is -1.25. The lowest BCUT2D eigenvalue weighted by molar-refractivity contribution is -0.134. The Kier molecular flexibility index (Phi) is 4.22. The van der Waals surface area contributed by atoms with E-state index >= 15 is 0 Å². The molecule has 8 heteroatoms. The molecule has 0 aromatic heterocycles. The number of nitrogens with two attached hydrogens (primary N) is 1. The maximum Gasteiger partial charge on any atom is 0.360 e. The van der Waals surface area contributed by atoms with Crippen LogP contribution in [-0.2, 0) is 20.3 Å². The average molecular weight is 195 g/mol. The van der Waals surface area contributed by atoms with Gasteiger partial charge >= 0.3 is 17.3 Å². The van der Waals surface area contributed by atoms with Gasteiger partial charge in [0.15, 0.2) is 5.96 Å². The van der Waals surface area contributed by atoms with Crippen molar-refractivity contribution in [3.63, 3.8) is 0 Å². The number of carbonyl (C=O) groups excluding carboxylic acids is 1. The summed E-state index contributed by atoms with van der Waals surface area (Å²) < 4.78 is 21.9. The fraction of sp³-hybridized carbons (Fsp3) is 0.500. The summed E-state index contributed by atoms with van der Waals surface area (Å²) in [5.41, 5.74) is 4.98. The van der Waals surface area contributed by atoms with Gasteiger partial charge in [-0.15, -0.1) is 0 Å². The molecule has 0 aromatic rings. The van der Waals surface area contributed by atoms with Gasteiger partial charge in [-0.25, -0.2) is 4.79 Å². The lowest BCUT2D eigenvalue weighted by atomic mass is 10.6. The lowest BCUT2D eigenvalue weighted by Crippen LogP contribution is -2.37. The summed E-state index contributed by atoms with van der Waals surface area (Å²) in [7, 11) is 1.38. The summed E-state index contributed by atoms with van der Waals surface area (Å²) in [4.78, 5) is 11.7. The molecule has 7 nitrogen and oxygen atoms in total. The SMILES string of the molecule is CN(CC(=O)OS(=O)O)C(=N)N. The van der Waals surface area contributed by atoms with Gasteiger partial charge in [0, 0.05) is 7.05 Å². The van der Waals surface area contributed by atoms with Crippen LogP contribution >= 0.6 is 0 Å². The molecule has 4 N–H and O–H groups in total. The summed E-state index contributed by atoms with van der Waals surface area (Å²) in [6.45, 7) is -0.332. The van der Waals surface area contributed by atoms with Gasteiger partial charge in [-0.1, -0.05) is 0 Å². The number of guanidine groups is 1. The van der Waals surface area contributed by atoms with Crippen LogP contribution < -0.4 is 5.73 Å². The van der Waals surface area contributed by atoms with Gasteiger partial charge in [-0.05, 0) is 0 Å². The Balaban J connectivity index is 3.85. The van der Waals surface area contributed by atoms with Crippen molar-refractivity contribution in [2.75, 3.05) is 13.6 Å². The third kappa shape index (κ3) is 4.63. The Morgan fingerprint density at radius 2 is 2.33 bits per heavy atom. The molecule has 12 heavy (non-hydrogen) atoms. The van der Waals surface area contributed by atoms with Gasteiger partial charge in [-0.2, -0.15) is 4.21 Å². The summed E-state index contributed by atoms with van der Waals surface area (Å²) in [6.07, 6.45) is 0. The van der Waals surface area contributed by atoms with E-state index in [-0.39, 0.29) is 12.5 Å². The lowest BCUT2D eigenvalue weighted by Gasteiger charge is -2.13. The predicted molar refractivity (Wildman–Crippen MR) is 41.4 cm³/mol. The molecule has 0 aliphatic carbocycles. The molecule has 0 aromatic carbocycles. The molecule has 0 bridgehead atoms. The number of hydrogen-bond acceptors (Lipinski definition) is 4.